The number of rotatable bonds is 2. The summed E-state index contributed by atoms with van der Waals surface area (Å²) in [4.78, 5) is 4.16. The zero-order chi connectivity index (χ0) is 19.1. The summed E-state index contributed by atoms with van der Waals surface area (Å²) < 4.78 is 2.41. The van der Waals surface area contributed by atoms with Gasteiger partial charge >= 0.3 is 0 Å². The smallest absolute Gasteiger partial charge is 0.212 e. The summed E-state index contributed by atoms with van der Waals surface area (Å²) in [5.74, 6) is 0. The first-order chi connectivity index (χ1) is 13.7. The quantitative estimate of drug-likeness (QED) is 0.451. The van der Waals surface area contributed by atoms with Crippen LogP contribution in [0.3, 0.4) is 0 Å². The van der Waals surface area contributed by atoms with Crippen LogP contribution in [0, 0.1) is 6.92 Å². The monoisotopic (exact) mass is 385 g/mol. The molecule has 28 heavy (non-hydrogen) atoms. The SMILES string of the molecule is Cc1ccc(-c2ccncc2)cc1-c1cc2c(c[n+]1C)[Si]1(CCCCC1)CC2. The van der Waals surface area contributed by atoms with Crippen LogP contribution in [0.2, 0.25) is 18.1 Å². The zero-order valence-corrected chi connectivity index (χ0v) is 18.0. The van der Waals surface area contributed by atoms with Gasteiger partial charge in [-0.2, -0.15) is 0 Å². The second-order valence-electron chi connectivity index (χ2n) is 8.82. The van der Waals surface area contributed by atoms with Crippen LogP contribution < -0.4 is 9.75 Å². The molecule has 0 aliphatic carbocycles. The summed E-state index contributed by atoms with van der Waals surface area (Å²) >= 11 is 0. The number of benzene rings is 1. The van der Waals surface area contributed by atoms with E-state index >= 15 is 0 Å². The first-order valence-corrected chi connectivity index (χ1v) is 13.3. The van der Waals surface area contributed by atoms with E-state index in [1.807, 2.05) is 12.4 Å². The van der Waals surface area contributed by atoms with Gasteiger partial charge in [0.15, 0.2) is 6.20 Å². The lowest BCUT2D eigenvalue weighted by molar-refractivity contribution is -0.659. The van der Waals surface area contributed by atoms with Gasteiger partial charge in [-0.3, -0.25) is 4.98 Å². The molecular weight excluding hydrogens is 356 g/mol. The maximum atomic E-state index is 4.16. The van der Waals surface area contributed by atoms with Gasteiger partial charge < -0.3 is 0 Å². The lowest BCUT2D eigenvalue weighted by Gasteiger charge is -2.31. The van der Waals surface area contributed by atoms with Crippen LogP contribution in [0.1, 0.15) is 30.4 Å². The summed E-state index contributed by atoms with van der Waals surface area (Å²) in [5.41, 5.74) is 8.20. The Bertz CT molecular complexity index is 1020. The standard InChI is InChI=1S/C25H29N2Si/c1-19-6-7-21(20-8-11-26-12-9-20)16-23(19)24-17-22-10-15-28(13-4-3-5-14-28)25(22)18-27(24)2/h6-9,11-12,16-18H,3-5,10,13-15H2,1-2H3/q+1. The van der Waals surface area contributed by atoms with Gasteiger partial charge in [0, 0.05) is 29.2 Å². The van der Waals surface area contributed by atoms with Crippen LogP contribution in [-0.2, 0) is 13.5 Å². The van der Waals surface area contributed by atoms with Crippen molar-refractivity contribution in [2.75, 3.05) is 0 Å². The topological polar surface area (TPSA) is 16.8 Å². The number of hydrogen-bond donors (Lipinski definition) is 0. The number of aromatic nitrogens is 2. The predicted molar refractivity (Wildman–Crippen MR) is 118 cm³/mol. The highest BCUT2D eigenvalue weighted by molar-refractivity contribution is 6.93. The summed E-state index contributed by atoms with van der Waals surface area (Å²) in [6.45, 7) is 2.23. The fourth-order valence-electron chi connectivity index (χ4n) is 5.52. The minimum atomic E-state index is -1.20. The van der Waals surface area contributed by atoms with Gasteiger partial charge in [0.25, 0.3) is 0 Å². The maximum Gasteiger partial charge on any atom is 0.212 e. The highest BCUT2D eigenvalue weighted by Crippen LogP contribution is 2.38. The van der Waals surface area contributed by atoms with E-state index in [1.165, 1.54) is 71.8 Å². The van der Waals surface area contributed by atoms with Crippen molar-refractivity contribution in [1.29, 1.82) is 0 Å². The first kappa shape index (κ1) is 17.8. The molecule has 1 fully saturated rings. The van der Waals surface area contributed by atoms with Crippen LogP contribution in [0.15, 0.2) is 55.0 Å². The van der Waals surface area contributed by atoms with E-state index in [9.17, 15) is 0 Å². The van der Waals surface area contributed by atoms with Crippen molar-refractivity contribution in [3.8, 4) is 22.4 Å². The third-order valence-electron chi connectivity index (χ3n) is 7.14. The molecule has 1 spiro atoms. The molecule has 0 bridgehead atoms. The molecule has 3 aromatic rings. The van der Waals surface area contributed by atoms with Gasteiger partial charge in [0.1, 0.15) is 7.05 Å². The zero-order valence-electron chi connectivity index (χ0n) is 17.0. The average molecular weight is 386 g/mol. The van der Waals surface area contributed by atoms with Crippen molar-refractivity contribution < 1.29 is 4.57 Å². The third-order valence-corrected chi connectivity index (χ3v) is 12.6. The van der Waals surface area contributed by atoms with Crippen LogP contribution in [0.25, 0.3) is 22.4 Å². The minimum absolute atomic E-state index is 1.20. The molecule has 2 nitrogen and oxygen atoms in total. The molecule has 1 aromatic carbocycles. The largest absolute Gasteiger partial charge is 0.265 e. The lowest BCUT2D eigenvalue weighted by atomic mass is 9.97. The van der Waals surface area contributed by atoms with E-state index < -0.39 is 8.07 Å². The second-order valence-corrected chi connectivity index (χ2v) is 13.4. The molecule has 5 rings (SSSR count). The molecule has 0 amide bonds. The number of fused-ring (bicyclic) bond motifs is 2. The minimum Gasteiger partial charge on any atom is -0.265 e. The van der Waals surface area contributed by atoms with Crippen LogP contribution >= 0.6 is 0 Å². The van der Waals surface area contributed by atoms with Crippen LogP contribution in [0.4, 0.5) is 0 Å². The summed E-state index contributed by atoms with van der Waals surface area (Å²) in [6, 6.07) is 18.1. The van der Waals surface area contributed by atoms with Crippen LogP contribution in [0.5, 0.6) is 0 Å². The van der Waals surface area contributed by atoms with Crippen molar-refractivity contribution >= 4 is 13.3 Å². The molecule has 2 aliphatic heterocycles. The molecule has 0 radical (unpaired) electrons. The molecular formula is C25H29N2Si+. The van der Waals surface area contributed by atoms with Gasteiger partial charge in [0.2, 0.25) is 5.69 Å². The molecule has 0 saturated carbocycles. The summed E-state index contributed by atoms with van der Waals surface area (Å²) in [5, 5.41) is 1.78. The van der Waals surface area contributed by atoms with E-state index in [4.69, 9.17) is 0 Å². The second kappa shape index (κ2) is 6.96. The van der Waals surface area contributed by atoms with Crippen molar-refractivity contribution in [1.82, 2.24) is 4.98 Å². The Kier molecular flexibility index (Phi) is 4.43. The van der Waals surface area contributed by atoms with E-state index in [1.54, 1.807) is 10.8 Å². The van der Waals surface area contributed by atoms with Gasteiger partial charge in [-0.1, -0.05) is 43.5 Å². The fraction of sp³-hybridized carbons (Fsp3) is 0.360. The Balaban J connectivity index is 1.60. The van der Waals surface area contributed by atoms with Crippen molar-refractivity contribution in [2.24, 2.45) is 7.05 Å². The molecule has 0 unspecified atom stereocenters. The van der Waals surface area contributed by atoms with Crippen LogP contribution in [-0.4, -0.2) is 13.1 Å². The van der Waals surface area contributed by atoms with E-state index in [2.05, 4.69) is 66.1 Å². The molecule has 0 N–H and O–H groups in total. The molecule has 3 heteroatoms. The number of nitrogens with zero attached hydrogens (tertiary/aromatic N) is 2. The lowest BCUT2D eigenvalue weighted by Crippen LogP contribution is -2.50. The maximum absolute atomic E-state index is 4.16. The molecule has 142 valence electrons. The highest BCUT2D eigenvalue weighted by Gasteiger charge is 2.43. The molecule has 1 saturated heterocycles. The Labute approximate surface area is 169 Å². The van der Waals surface area contributed by atoms with Gasteiger partial charge in [-0.25, -0.2) is 4.57 Å². The molecule has 0 atom stereocenters. The summed E-state index contributed by atoms with van der Waals surface area (Å²) in [6.07, 6.45) is 12.0. The van der Waals surface area contributed by atoms with Gasteiger partial charge in [-0.05, 0) is 59.8 Å². The predicted octanol–water partition coefficient (Wildman–Crippen LogP) is 4.94. The van der Waals surface area contributed by atoms with Gasteiger partial charge in [0.05, 0.1) is 8.07 Å². The van der Waals surface area contributed by atoms with E-state index in [0.717, 1.165) is 0 Å². The van der Waals surface area contributed by atoms with Crippen molar-refractivity contribution in [2.45, 2.75) is 50.7 Å². The normalized spacial score (nSPS) is 17.6. The van der Waals surface area contributed by atoms with E-state index in [0.29, 0.717) is 0 Å². The number of hydrogen-bond acceptors (Lipinski definition) is 1. The third kappa shape index (κ3) is 2.93. The Morgan fingerprint density at radius 1 is 0.893 bits per heavy atom. The summed E-state index contributed by atoms with van der Waals surface area (Å²) in [7, 11) is 1.05. The molecule has 2 aromatic heterocycles. The fourth-order valence-corrected chi connectivity index (χ4v) is 11.0. The number of aryl methyl sites for hydroxylation is 3. The molecule has 2 aliphatic rings. The Morgan fingerprint density at radius 3 is 2.46 bits per heavy atom. The Hall–Kier alpha value is -2.26. The first-order valence-electron chi connectivity index (χ1n) is 10.7. The highest BCUT2D eigenvalue weighted by atomic mass is 28.3. The van der Waals surface area contributed by atoms with Crippen molar-refractivity contribution in [3.63, 3.8) is 0 Å². The van der Waals surface area contributed by atoms with E-state index in [-0.39, 0.29) is 0 Å². The Morgan fingerprint density at radius 2 is 1.68 bits per heavy atom. The average Bonchev–Trinajstić information content (AvgIpc) is 3.06. The van der Waals surface area contributed by atoms with Gasteiger partial charge in [-0.15, -0.1) is 0 Å². The number of pyridine rings is 2. The van der Waals surface area contributed by atoms with Crippen molar-refractivity contribution in [3.05, 3.63) is 66.1 Å². The molecule has 4 heterocycles.